The first-order valence-electron chi connectivity index (χ1n) is 5.93. The van der Waals surface area contributed by atoms with Gasteiger partial charge in [-0.05, 0) is 12.0 Å². The maximum Gasteiger partial charge on any atom is 0.268 e. The SMILES string of the molecule is NC(=O)c1cnc2cncc(C3=CCOCC3)c2n1. The van der Waals surface area contributed by atoms with Gasteiger partial charge in [0.1, 0.15) is 16.7 Å². The number of nitrogens with zero attached hydrogens (tertiary/aromatic N) is 3. The number of aromatic nitrogens is 3. The molecule has 96 valence electrons. The van der Waals surface area contributed by atoms with Gasteiger partial charge in [0.05, 0.1) is 25.6 Å². The van der Waals surface area contributed by atoms with E-state index in [1.54, 1.807) is 12.4 Å². The third-order valence-electron chi connectivity index (χ3n) is 3.02. The summed E-state index contributed by atoms with van der Waals surface area (Å²) in [4.78, 5) is 23.8. The fourth-order valence-corrected chi connectivity index (χ4v) is 2.06. The second kappa shape index (κ2) is 4.74. The van der Waals surface area contributed by atoms with Crippen LogP contribution in [0.15, 0.2) is 24.7 Å². The summed E-state index contributed by atoms with van der Waals surface area (Å²) in [7, 11) is 0. The summed E-state index contributed by atoms with van der Waals surface area (Å²) in [6.07, 6.45) is 7.52. The molecule has 0 fully saturated rings. The molecular weight excluding hydrogens is 244 g/mol. The Hall–Kier alpha value is -2.34. The lowest BCUT2D eigenvalue weighted by Crippen LogP contribution is -2.14. The summed E-state index contributed by atoms with van der Waals surface area (Å²) in [5, 5.41) is 0. The van der Waals surface area contributed by atoms with Gasteiger partial charge >= 0.3 is 0 Å². The summed E-state index contributed by atoms with van der Waals surface area (Å²) in [6, 6.07) is 0. The third kappa shape index (κ3) is 2.17. The van der Waals surface area contributed by atoms with E-state index in [-0.39, 0.29) is 5.69 Å². The van der Waals surface area contributed by atoms with Crippen LogP contribution >= 0.6 is 0 Å². The second-order valence-corrected chi connectivity index (χ2v) is 4.23. The van der Waals surface area contributed by atoms with Crippen molar-refractivity contribution in [3.05, 3.63) is 35.9 Å². The van der Waals surface area contributed by atoms with Crippen LogP contribution < -0.4 is 5.73 Å². The van der Waals surface area contributed by atoms with Gasteiger partial charge in [0.2, 0.25) is 0 Å². The van der Waals surface area contributed by atoms with Crippen molar-refractivity contribution in [3.8, 4) is 0 Å². The lowest BCUT2D eigenvalue weighted by Gasteiger charge is -2.14. The Labute approximate surface area is 109 Å². The Balaban J connectivity index is 2.20. The molecule has 1 amide bonds. The quantitative estimate of drug-likeness (QED) is 0.863. The molecule has 0 saturated carbocycles. The van der Waals surface area contributed by atoms with Crippen LogP contribution in [0.3, 0.4) is 0 Å². The Morgan fingerprint density at radius 3 is 2.95 bits per heavy atom. The number of fused-ring (bicyclic) bond motifs is 1. The largest absolute Gasteiger partial charge is 0.377 e. The van der Waals surface area contributed by atoms with E-state index in [0.717, 1.165) is 17.6 Å². The van der Waals surface area contributed by atoms with Crippen LogP contribution in [0.25, 0.3) is 16.6 Å². The van der Waals surface area contributed by atoms with E-state index in [9.17, 15) is 4.79 Å². The molecule has 0 spiro atoms. The Kier molecular flexibility index (Phi) is 2.92. The van der Waals surface area contributed by atoms with Crippen molar-refractivity contribution in [2.24, 2.45) is 5.73 Å². The lowest BCUT2D eigenvalue weighted by molar-refractivity contribution is 0.0995. The molecule has 6 heteroatoms. The van der Waals surface area contributed by atoms with E-state index >= 15 is 0 Å². The molecule has 6 nitrogen and oxygen atoms in total. The van der Waals surface area contributed by atoms with E-state index in [1.807, 2.05) is 6.08 Å². The topological polar surface area (TPSA) is 91.0 Å². The zero-order chi connectivity index (χ0) is 13.2. The molecule has 1 aliphatic rings. The summed E-state index contributed by atoms with van der Waals surface area (Å²) < 4.78 is 5.29. The maximum absolute atomic E-state index is 11.2. The Morgan fingerprint density at radius 1 is 1.32 bits per heavy atom. The monoisotopic (exact) mass is 256 g/mol. The van der Waals surface area contributed by atoms with Crippen LogP contribution in [0, 0.1) is 0 Å². The lowest BCUT2D eigenvalue weighted by atomic mass is 10.0. The minimum atomic E-state index is -0.585. The van der Waals surface area contributed by atoms with E-state index < -0.39 is 5.91 Å². The molecule has 2 N–H and O–H groups in total. The molecule has 0 saturated heterocycles. The third-order valence-corrected chi connectivity index (χ3v) is 3.02. The van der Waals surface area contributed by atoms with Gasteiger partial charge in [-0.2, -0.15) is 0 Å². The Bertz CT molecular complexity index is 681. The van der Waals surface area contributed by atoms with Crippen molar-refractivity contribution < 1.29 is 9.53 Å². The number of primary amides is 1. The van der Waals surface area contributed by atoms with E-state index in [2.05, 4.69) is 15.0 Å². The van der Waals surface area contributed by atoms with Crippen LogP contribution in [0.5, 0.6) is 0 Å². The number of ether oxygens (including phenoxy) is 1. The standard InChI is InChI=1S/C13H12N4O2/c14-13(18)11-7-16-10-6-15-5-9(12(10)17-11)8-1-3-19-4-2-8/h1,5-7H,2-4H2,(H2,14,18). The molecule has 0 aliphatic carbocycles. The van der Waals surface area contributed by atoms with Crippen molar-refractivity contribution in [3.63, 3.8) is 0 Å². The van der Waals surface area contributed by atoms with Crippen molar-refractivity contribution >= 4 is 22.5 Å². The highest BCUT2D eigenvalue weighted by molar-refractivity contribution is 5.94. The van der Waals surface area contributed by atoms with Crippen LogP contribution in [0.4, 0.5) is 0 Å². The van der Waals surface area contributed by atoms with E-state index in [4.69, 9.17) is 10.5 Å². The molecule has 2 aromatic rings. The molecule has 0 atom stereocenters. The van der Waals surface area contributed by atoms with Gasteiger partial charge in [-0.15, -0.1) is 0 Å². The van der Waals surface area contributed by atoms with Gasteiger partial charge in [0.25, 0.3) is 5.91 Å². The van der Waals surface area contributed by atoms with Gasteiger partial charge < -0.3 is 10.5 Å². The van der Waals surface area contributed by atoms with Crippen molar-refractivity contribution in [2.75, 3.05) is 13.2 Å². The summed E-state index contributed by atoms with van der Waals surface area (Å²) in [5.41, 5.74) is 8.70. The first-order valence-corrected chi connectivity index (χ1v) is 5.93. The second-order valence-electron chi connectivity index (χ2n) is 4.23. The number of hydrogen-bond donors (Lipinski definition) is 1. The first kappa shape index (κ1) is 11.7. The van der Waals surface area contributed by atoms with Crippen LogP contribution in [0.1, 0.15) is 22.5 Å². The number of rotatable bonds is 2. The number of nitrogens with two attached hydrogens (primary N) is 1. The number of carbonyl (C=O) groups is 1. The molecular formula is C13H12N4O2. The number of carbonyl (C=O) groups excluding carboxylic acids is 1. The minimum absolute atomic E-state index is 0.160. The fraction of sp³-hybridized carbons (Fsp3) is 0.231. The highest BCUT2D eigenvalue weighted by Crippen LogP contribution is 2.25. The van der Waals surface area contributed by atoms with Crippen LogP contribution in [-0.4, -0.2) is 34.1 Å². The van der Waals surface area contributed by atoms with Crippen molar-refractivity contribution in [2.45, 2.75) is 6.42 Å². The predicted octanol–water partition coefficient (Wildman–Crippen LogP) is 0.927. The molecule has 1 aliphatic heterocycles. The molecule has 3 rings (SSSR count). The van der Waals surface area contributed by atoms with Gasteiger partial charge in [-0.25, -0.2) is 4.98 Å². The average molecular weight is 256 g/mol. The number of pyridine rings is 1. The van der Waals surface area contributed by atoms with E-state index in [0.29, 0.717) is 24.2 Å². The molecule has 2 aromatic heterocycles. The fourth-order valence-electron chi connectivity index (χ4n) is 2.06. The number of amides is 1. The van der Waals surface area contributed by atoms with Gasteiger partial charge in [-0.3, -0.25) is 14.8 Å². The molecule has 19 heavy (non-hydrogen) atoms. The summed E-state index contributed by atoms with van der Waals surface area (Å²) in [5.74, 6) is -0.585. The van der Waals surface area contributed by atoms with Crippen LogP contribution in [0.2, 0.25) is 0 Å². The van der Waals surface area contributed by atoms with E-state index in [1.165, 1.54) is 6.20 Å². The highest BCUT2D eigenvalue weighted by Gasteiger charge is 2.13. The number of hydrogen-bond acceptors (Lipinski definition) is 5. The normalized spacial score (nSPS) is 15.3. The molecule has 3 heterocycles. The van der Waals surface area contributed by atoms with Gasteiger partial charge in [0.15, 0.2) is 0 Å². The smallest absolute Gasteiger partial charge is 0.268 e. The minimum Gasteiger partial charge on any atom is -0.377 e. The average Bonchev–Trinajstić information content (AvgIpc) is 2.47. The molecule has 0 radical (unpaired) electrons. The van der Waals surface area contributed by atoms with Gasteiger partial charge in [0, 0.05) is 11.8 Å². The molecule has 0 unspecified atom stereocenters. The van der Waals surface area contributed by atoms with Gasteiger partial charge in [-0.1, -0.05) is 6.08 Å². The summed E-state index contributed by atoms with van der Waals surface area (Å²) >= 11 is 0. The predicted molar refractivity (Wildman–Crippen MR) is 69.3 cm³/mol. The molecule has 0 bridgehead atoms. The van der Waals surface area contributed by atoms with Crippen LogP contribution in [-0.2, 0) is 4.74 Å². The maximum atomic E-state index is 11.2. The van der Waals surface area contributed by atoms with Crippen molar-refractivity contribution in [1.29, 1.82) is 0 Å². The summed E-state index contributed by atoms with van der Waals surface area (Å²) in [6.45, 7) is 1.25. The Morgan fingerprint density at radius 2 is 2.21 bits per heavy atom. The zero-order valence-corrected chi connectivity index (χ0v) is 10.2. The molecule has 0 aromatic carbocycles. The highest BCUT2D eigenvalue weighted by atomic mass is 16.5. The van der Waals surface area contributed by atoms with Crippen molar-refractivity contribution in [1.82, 2.24) is 15.0 Å². The zero-order valence-electron chi connectivity index (χ0n) is 10.2. The first-order chi connectivity index (χ1) is 9.25.